The Morgan fingerprint density at radius 2 is 2.05 bits per heavy atom. The molecule has 1 aromatic carbocycles. The van der Waals surface area contributed by atoms with E-state index in [1.54, 1.807) is 38.1 Å². The summed E-state index contributed by atoms with van der Waals surface area (Å²) in [6.07, 6.45) is -2.53. The van der Waals surface area contributed by atoms with Crippen LogP contribution in [0.1, 0.15) is 13.8 Å². The van der Waals surface area contributed by atoms with Crippen LogP contribution in [0.25, 0.3) is 0 Å². The van der Waals surface area contributed by atoms with Crippen LogP contribution in [0.3, 0.4) is 0 Å². The number of nitrogens with zero attached hydrogens (tertiary/aromatic N) is 1. The average molecular weight is 279 g/mol. The summed E-state index contributed by atoms with van der Waals surface area (Å²) >= 11 is 0. The van der Waals surface area contributed by atoms with Crippen molar-refractivity contribution in [1.29, 1.82) is 0 Å². The molecule has 0 radical (unpaired) electrons. The maximum Gasteiger partial charge on any atom is 0.417 e. The fourth-order valence-electron chi connectivity index (χ4n) is 2.57. The van der Waals surface area contributed by atoms with Crippen molar-refractivity contribution in [2.75, 3.05) is 6.54 Å². The van der Waals surface area contributed by atoms with Gasteiger partial charge in [-0.3, -0.25) is 4.90 Å². The van der Waals surface area contributed by atoms with Gasteiger partial charge in [0.2, 0.25) is 0 Å². The predicted octanol–water partition coefficient (Wildman–Crippen LogP) is 1.34. The summed E-state index contributed by atoms with van der Waals surface area (Å²) in [6.45, 7) is 3.82. The van der Waals surface area contributed by atoms with Crippen molar-refractivity contribution in [3.8, 4) is 5.75 Å². The third kappa shape index (κ3) is 2.37. The predicted molar refractivity (Wildman–Crippen MR) is 69.0 cm³/mol. The van der Waals surface area contributed by atoms with E-state index in [0.29, 0.717) is 5.75 Å². The lowest BCUT2D eigenvalue weighted by atomic mass is 10.2. The third-order valence-electron chi connectivity index (χ3n) is 3.39. The van der Waals surface area contributed by atoms with Gasteiger partial charge in [-0.15, -0.1) is 0 Å². The minimum atomic E-state index is -1.06. The summed E-state index contributed by atoms with van der Waals surface area (Å²) in [4.78, 5) is 13.3. The second kappa shape index (κ2) is 4.73. The molecule has 2 aliphatic heterocycles. The van der Waals surface area contributed by atoms with Gasteiger partial charge in [0.05, 0.1) is 6.54 Å². The van der Waals surface area contributed by atoms with Crippen molar-refractivity contribution in [2.24, 2.45) is 0 Å². The van der Waals surface area contributed by atoms with Crippen molar-refractivity contribution in [1.82, 2.24) is 4.90 Å². The van der Waals surface area contributed by atoms with E-state index in [-0.39, 0.29) is 12.6 Å². The number of carbonyl (C=O) groups excluding carboxylic acids is 1. The molecule has 6 nitrogen and oxygen atoms in total. The Bertz CT molecular complexity index is 504. The van der Waals surface area contributed by atoms with Gasteiger partial charge in [-0.2, -0.15) is 0 Å². The molecule has 2 heterocycles. The van der Waals surface area contributed by atoms with Gasteiger partial charge in [-0.25, -0.2) is 4.79 Å². The molecule has 0 bridgehead atoms. The molecule has 108 valence electrons. The van der Waals surface area contributed by atoms with Gasteiger partial charge in [-0.1, -0.05) is 18.2 Å². The van der Waals surface area contributed by atoms with Crippen LogP contribution in [0.4, 0.5) is 4.79 Å². The third-order valence-corrected chi connectivity index (χ3v) is 3.39. The van der Waals surface area contributed by atoms with Crippen LogP contribution in [0.5, 0.6) is 5.75 Å². The summed E-state index contributed by atoms with van der Waals surface area (Å²) in [7, 11) is 0. The van der Waals surface area contributed by atoms with Crippen LogP contribution in [0.15, 0.2) is 30.3 Å². The lowest BCUT2D eigenvalue weighted by Crippen LogP contribution is -2.43. The van der Waals surface area contributed by atoms with E-state index in [1.807, 2.05) is 6.07 Å². The molecule has 6 heteroatoms. The SMILES string of the molecule is CC1(C)O[C@@H]2[C@@H](CN(C(=O)Oc3ccccc3)[C@H]2O)O1. The molecule has 20 heavy (non-hydrogen) atoms. The number of hydrogen-bond donors (Lipinski definition) is 1. The number of hydrogen-bond acceptors (Lipinski definition) is 5. The van der Waals surface area contributed by atoms with Gasteiger partial charge in [0, 0.05) is 0 Å². The molecular weight excluding hydrogens is 262 g/mol. The van der Waals surface area contributed by atoms with E-state index in [0.717, 1.165) is 0 Å². The van der Waals surface area contributed by atoms with Crippen LogP contribution in [0.2, 0.25) is 0 Å². The zero-order chi connectivity index (χ0) is 14.3. The van der Waals surface area contributed by atoms with E-state index < -0.39 is 24.2 Å². The second-order valence-corrected chi connectivity index (χ2v) is 5.39. The molecule has 0 saturated carbocycles. The number of likely N-dealkylation sites (tertiary alicyclic amines) is 1. The highest BCUT2D eigenvalue weighted by Gasteiger charge is 2.54. The van der Waals surface area contributed by atoms with Crippen LogP contribution in [-0.4, -0.2) is 46.9 Å². The first kappa shape index (κ1) is 13.4. The first-order valence-corrected chi connectivity index (χ1v) is 6.53. The highest BCUT2D eigenvalue weighted by atomic mass is 16.8. The monoisotopic (exact) mass is 279 g/mol. The average Bonchev–Trinajstić information content (AvgIpc) is 2.85. The van der Waals surface area contributed by atoms with E-state index in [1.165, 1.54) is 4.90 Å². The fourth-order valence-corrected chi connectivity index (χ4v) is 2.57. The fraction of sp³-hybridized carbons (Fsp3) is 0.500. The largest absolute Gasteiger partial charge is 0.417 e. The maximum absolute atomic E-state index is 12.1. The second-order valence-electron chi connectivity index (χ2n) is 5.39. The number of ether oxygens (including phenoxy) is 3. The van der Waals surface area contributed by atoms with Crippen molar-refractivity contribution in [3.63, 3.8) is 0 Å². The highest BCUT2D eigenvalue weighted by Crippen LogP contribution is 2.36. The molecule has 0 aliphatic carbocycles. The molecule has 0 unspecified atom stereocenters. The van der Waals surface area contributed by atoms with Crippen molar-refractivity contribution in [2.45, 2.75) is 38.1 Å². The minimum Gasteiger partial charge on any atom is -0.410 e. The Balaban J connectivity index is 1.67. The van der Waals surface area contributed by atoms with Gasteiger partial charge >= 0.3 is 6.09 Å². The van der Waals surface area contributed by atoms with Gasteiger partial charge in [0.25, 0.3) is 0 Å². The number of aliphatic hydroxyl groups is 1. The first-order valence-electron chi connectivity index (χ1n) is 6.53. The van der Waals surface area contributed by atoms with E-state index in [9.17, 15) is 9.90 Å². The van der Waals surface area contributed by atoms with E-state index in [4.69, 9.17) is 14.2 Å². The Hall–Kier alpha value is -1.63. The molecule has 1 aromatic rings. The Morgan fingerprint density at radius 1 is 1.35 bits per heavy atom. The lowest BCUT2D eigenvalue weighted by molar-refractivity contribution is -0.175. The lowest BCUT2D eigenvalue weighted by Gasteiger charge is -2.25. The Kier molecular flexibility index (Phi) is 3.16. The molecule has 1 amide bonds. The molecule has 0 aromatic heterocycles. The number of rotatable bonds is 1. The number of fused-ring (bicyclic) bond motifs is 1. The van der Waals surface area contributed by atoms with Crippen LogP contribution in [0, 0.1) is 0 Å². The molecule has 1 N–H and O–H groups in total. The van der Waals surface area contributed by atoms with E-state index in [2.05, 4.69) is 0 Å². The zero-order valence-corrected chi connectivity index (χ0v) is 11.4. The van der Waals surface area contributed by atoms with Gasteiger partial charge in [0.1, 0.15) is 18.0 Å². The smallest absolute Gasteiger partial charge is 0.410 e. The van der Waals surface area contributed by atoms with Crippen LogP contribution >= 0.6 is 0 Å². The summed E-state index contributed by atoms with van der Waals surface area (Å²) in [5.74, 6) is -0.296. The Morgan fingerprint density at radius 3 is 2.70 bits per heavy atom. The van der Waals surface area contributed by atoms with Crippen LogP contribution < -0.4 is 4.74 Å². The summed E-state index contributed by atoms with van der Waals surface area (Å²) < 4.78 is 16.4. The molecule has 3 rings (SSSR count). The topological polar surface area (TPSA) is 68.2 Å². The molecule has 0 spiro atoms. The van der Waals surface area contributed by atoms with Crippen LogP contribution in [-0.2, 0) is 9.47 Å². The maximum atomic E-state index is 12.1. The van der Waals surface area contributed by atoms with Gasteiger partial charge in [-0.05, 0) is 26.0 Å². The van der Waals surface area contributed by atoms with E-state index >= 15 is 0 Å². The standard InChI is InChI=1S/C14H17NO5/c1-14(2)19-10-8-15(12(16)11(10)20-14)13(17)18-9-6-4-3-5-7-9/h3-7,10-12,16H,8H2,1-2H3/t10-,11-,12+/m1/s1. The molecule has 2 saturated heterocycles. The quantitative estimate of drug-likeness (QED) is 0.840. The first-order chi connectivity index (χ1) is 9.46. The number of aliphatic hydroxyl groups excluding tert-OH is 1. The number of para-hydroxylation sites is 1. The Labute approximate surface area is 116 Å². The van der Waals surface area contributed by atoms with Gasteiger partial charge in [0.15, 0.2) is 12.0 Å². The van der Waals surface area contributed by atoms with Crippen molar-refractivity contribution in [3.05, 3.63) is 30.3 Å². The highest BCUT2D eigenvalue weighted by molar-refractivity contribution is 5.71. The summed E-state index contributed by atoms with van der Waals surface area (Å²) in [5, 5.41) is 10.2. The molecule has 3 atom stereocenters. The zero-order valence-electron chi connectivity index (χ0n) is 11.4. The minimum absolute atomic E-state index is 0.251. The number of carbonyl (C=O) groups is 1. The molecule has 2 fully saturated rings. The number of benzene rings is 1. The van der Waals surface area contributed by atoms with Gasteiger partial charge < -0.3 is 19.3 Å². The van der Waals surface area contributed by atoms with Crippen molar-refractivity contribution < 1.29 is 24.1 Å². The molecular formula is C14H17NO5. The van der Waals surface area contributed by atoms with Crippen molar-refractivity contribution >= 4 is 6.09 Å². The number of amides is 1. The summed E-state index contributed by atoms with van der Waals surface area (Å²) in [6, 6.07) is 8.73. The summed E-state index contributed by atoms with van der Waals surface area (Å²) in [5.41, 5.74) is 0. The molecule has 2 aliphatic rings. The normalized spacial score (nSPS) is 31.1.